The van der Waals surface area contributed by atoms with Crippen LogP contribution in [0.2, 0.25) is 0 Å². The number of hydrogen-bond acceptors (Lipinski definition) is 6. The van der Waals surface area contributed by atoms with Gasteiger partial charge in [0.1, 0.15) is 35.7 Å². The number of nitrogens with zero attached hydrogens (tertiary/aromatic N) is 2. The predicted molar refractivity (Wildman–Crippen MR) is 137 cm³/mol. The molecule has 3 heterocycles. The van der Waals surface area contributed by atoms with Crippen LogP contribution in [-0.4, -0.2) is 26.7 Å². The van der Waals surface area contributed by atoms with E-state index in [9.17, 15) is 14.7 Å². The fraction of sp³-hybridized carbons (Fsp3) is 0.167. The summed E-state index contributed by atoms with van der Waals surface area (Å²) in [5.41, 5.74) is 3.40. The Hall–Kier alpha value is -4.65. The van der Waals surface area contributed by atoms with Crippen molar-refractivity contribution in [3.8, 4) is 5.75 Å². The summed E-state index contributed by atoms with van der Waals surface area (Å²) in [4.78, 5) is 31.7. The summed E-state index contributed by atoms with van der Waals surface area (Å²) in [6, 6.07) is 21.0. The molecule has 5 rings (SSSR count). The molecule has 0 unspecified atom stereocenters. The third kappa shape index (κ3) is 5.02. The molecule has 1 aliphatic heterocycles. The molecule has 2 aromatic heterocycles. The smallest absolute Gasteiger partial charge is 0.296 e. The Kier molecular flexibility index (Phi) is 6.60. The van der Waals surface area contributed by atoms with Crippen LogP contribution in [0.5, 0.6) is 5.75 Å². The molecule has 0 spiro atoms. The van der Waals surface area contributed by atoms with Crippen LogP contribution in [0, 0.1) is 13.8 Å². The molecule has 4 aromatic rings. The molecule has 7 nitrogen and oxygen atoms in total. The van der Waals surface area contributed by atoms with E-state index >= 15 is 0 Å². The number of ether oxygens (including phenoxy) is 1. The van der Waals surface area contributed by atoms with Crippen LogP contribution in [-0.2, 0) is 22.7 Å². The maximum Gasteiger partial charge on any atom is 0.296 e. The molecule has 1 N–H and O–H groups in total. The normalized spacial score (nSPS) is 16.8. The van der Waals surface area contributed by atoms with E-state index in [0.29, 0.717) is 29.4 Å². The number of ketones is 1. The number of likely N-dealkylation sites (tertiary alicyclic amines) is 1. The second kappa shape index (κ2) is 10.1. The largest absolute Gasteiger partial charge is 0.507 e. The fourth-order valence-electron chi connectivity index (χ4n) is 4.46. The van der Waals surface area contributed by atoms with Crippen LogP contribution in [0.3, 0.4) is 0 Å². The molecule has 1 atom stereocenters. The van der Waals surface area contributed by atoms with Crippen LogP contribution < -0.4 is 4.74 Å². The molecule has 1 aliphatic rings. The standard InChI is InChI=1S/C30H26N2O5/c1-19-4-3-5-22(16-19)18-36-24-9-7-23(8-10-24)28(33)26-27(25-11-6-20(2)37-25)32(30(35)29(26)34)17-21-12-14-31-15-13-21/h3-16,27,33H,17-18H2,1-2H3/t27-/m1/s1. The van der Waals surface area contributed by atoms with Gasteiger partial charge in [-0.05, 0) is 73.5 Å². The topological polar surface area (TPSA) is 92.9 Å². The Morgan fingerprint density at radius 1 is 0.973 bits per heavy atom. The number of amides is 1. The quantitative estimate of drug-likeness (QED) is 0.207. The summed E-state index contributed by atoms with van der Waals surface area (Å²) >= 11 is 0. The van der Waals surface area contributed by atoms with E-state index in [1.165, 1.54) is 4.90 Å². The Bertz CT molecular complexity index is 1470. The molecule has 0 radical (unpaired) electrons. The number of aryl methyl sites for hydroxylation is 2. The average molecular weight is 495 g/mol. The van der Waals surface area contributed by atoms with Crippen molar-refractivity contribution in [2.75, 3.05) is 0 Å². The van der Waals surface area contributed by atoms with Crippen molar-refractivity contribution in [3.05, 3.63) is 125 Å². The molecule has 1 saturated heterocycles. The number of furan rings is 1. The SMILES string of the molecule is Cc1cccc(COc2ccc(C(O)=C3C(=O)C(=O)N(Cc4ccncc4)[C@@H]3c3ccc(C)o3)cc2)c1. The first-order chi connectivity index (χ1) is 17.9. The lowest BCUT2D eigenvalue weighted by molar-refractivity contribution is -0.140. The summed E-state index contributed by atoms with van der Waals surface area (Å²) in [5.74, 6) is -0.0554. The van der Waals surface area contributed by atoms with Gasteiger partial charge in [-0.3, -0.25) is 14.6 Å². The van der Waals surface area contributed by atoms with Crippen molar-refractivity contribution in [1.82, 2.24) is 9.88 Å². The highest BCUT2D eigenvalue weighted by Crippen LogP contribution is 2.41. The summed E-state index contributed by atoms with van der Waals surface area (Å²) < 4.78 is 11.7. The minimum atomic E-state index is -0.862. The van der Waals surface area contributed by atoms with Gasteiger partial charge in [0, 0.05) is 24.5 Å². The summed E-state index contributed by atoms with van der Waals surface area (Å²) in [6.07, 6.45) is 3.25. The third-order valence-electron chi connectivity index (χ3n) is 6.29. The van der Waals surface area contributed by atoms with E-state index in [-0.39, 0.29) is 17.9 Å². The van der Waals surface area contributed by atoms with E-state index in [4.69, 9.17) is 9.15 Å². The highest BCUT2D eigenvalue weighted by molar-refractivity contribution is 6.46. The first-order valence-corrected chi connectivity index (χ1v) is 11.9. The van der Waals surface area contributed by atoms with Gasteiger partial charge in [0.2, 0.25) is 0 Å². The highest BCUT2D eigenvalue weighted by Gasteiger charge is 2.47. The lowest BCUT2D eigenvalue weighted by Crippen LogP contribution is -2.29. The third-order valence-corrected chi connectivity index (χ3v) is 6.29. The van der Waals surface area contributed by atoms with Crippen molar-refractivity contribution in [2.45, 2.75) is 33.0 Å². The Morgan fingerprint density at radius 2 is 1.73 bits per heavy atom. The number of hydrogen-bond donors (Lipinski definition) is 1. The number of carbonyl (C=O) groups excluding carboxylic acids is 2. The molecular formula is C30H26N2O5. The number of pyridine rings is 1. The number of aliphatic hydroxyl groups is 1. The zero-order valence-electron chi connectivity index (χ0n) is 20.5. The summed E-state index contributed by atoms with van der Waals surface area (Å²) in [7, 11) is 0. The van der Waals surface area contributed by atoms with Gasteiger partial charge in [0.15, 0.2) is 0 Å². The Morgan fingerprint density at radius 3 is 2.41 bits per heavy atom. The number of carbonyl (C=O) groups is 2. The summed E-state index contributed by atoms with van der Waals surface area (Å²) in [5, 5.41) is 11.2. The number of aromatic nitrogens is 1. The predicted octanol–water partition coefficient (Wildman–Crippen LogP) is 5.49. The monoisotopic (exact) mass is 494 g/mol. The van der Waals surface area contributed by atoms with E-state index in [1.807, 2.05) is 25.1 Å². The van der Waals surface area contributed by atoms with Gasteiger partial charge in [0.05, 0.1) is 5.57 Å². The first kappa shape index (κ1) is 24.1. The van der Waals surface area contributed by atoms with Crippen molar-refractivity contribution in [2.24, 2.45) is 0 Å². The average Bonchev–Trinajstić information content (AvgIpc) is 3.44. The van der Waals surface area contributed by atoms with E-state index in [0.717, 1.165) is 16.7 Å². The van der Waals surface area contributed by atoms with Crippen LogP contribution in [0.25, 0.3) is 5.76 Å². The minimum absolute atomic E-state index is 0.0122. The fourth-order valence-corrected chi connectivity index (χ4v) is 4.46. The minimum Gasteiger partial charge on any atom is -0.507 e. The zero-order chi connectivity index (χ0) is 25.9. The summed E-state index contributed by atoms with van der Waals surface area (Å²) in [6.45, 7) is 4.39. The molecule has 1 amide bonds. The van der Waals surface area contributed by atoms with Crippen LogP contribution in [0.15, 0.2) is 95.2 Å². The van der Waals surface area contributed by atoms with Gasteiger partial charge >= 0.3 is 0 Å². The molecule has 7 heteroatoms. The number of rotatable bonds is 7. The second-order valence-corrected chi connectivity index (χ2v) is 9.03. The van der Waals surface area contributed by atoms with Crippen LogP contribution >= 0.6 is 0 Å². The zero-order valence-corrected chi connectivity index (χ0v) is 20.5. The van der Waals surface area contributed by atoms with Crippen LogP contribution in [0.1, 0.15) is 39.8 Å². The van der Waals surface area contributed by atoms with Gasteiger partial charge in [-0.25, -0.2) is 0 Å². The molecular weight excluding hydrogens is 468 g/mol. The number of aliphatic hydroxyl groups excluding tert-OH is 1. The molecule has 0 bridgehead atoms. The van der Waals surface area contributed by atoms with Gasteiger partial charge in [-0.1, -0.05) is 29.8 Å². The van der Waals surface area contributed by atoms with E-state index < -0.39 is 17.7 Å². The lowest BCUT2D eigenvalue weighted by Gasteiger charge is -2.23. The molecule has 186 valence electrons. The second-order valence-electron chi connectivity index (χ2n) is 9.03. The van der Waals surface area contributed by atoms with Crippen LogP contribution in [0.4, 0.5) is 0 Å². The van der Waals surface area contributed by atoms with Gasteiger partial charge in [0.25, 0.3) is 11.7 Å². The maximum atomic E-state index is 13.2. The van der Waals surface area contributed by atoms with Gasteiger partial charge < -0.3 is 19.2 Å². The number of benzene rings is 2. The van der Waals surface area contributed by atoms with E-state index in [1.54, 1.807) is 67.8 Å². The Balaban J connectivity index is 1.45. The molecule has 0 saturated carbocycles. The molecule has 37 heavy (non-hydrogen) atoms. The van der Waals surface area contributed by atoms with Gasteiger partial charge in [-0.2, -0.15) is 0 Å². The van der Waals surface area contributed by atoms with Gasteiger partial charge in [-0.15, -0.1) is 0 Å². The molecule has 1 fully saturated rings. The highest BCUT2D eigenvalue weighted by atomic mass is 16.5. The lowest BCUT2D eigenvalue weighted by atomic mass is 9.99. The first-order valence-electron chi connectivity index (χ1n) is 11.9. The maximum absolute atomic E-state index is 13.2. The van der Waals surface area contributed by atoms with Crippen molar-refractivity contribution in [3.63, 3.8) is 0 Å². The van der Waals surface area contributed by atoms with Crippen molar-refractivity contribution < 1.29 is 23.8 Å². The Labute approximate surface area is 214 Å². The van der Waals surface area contributed by atoms with Crippen molar-refractivity contribution in [1.29, 1.82) is 0 Å². The van der Waals surface area contributed by atoms with E-state index in [2.05, 4.69) is 11.1 Å². The van der Waals surface area contributed by atoms with Crippen molar-refractivity contribution >= 4 is 17.4 Å². The number of Topliss-reactive ketones (excluding diaryl/α,β-unsaturated/α-hetero) is 1. The molecule has 0 aliphatic carbocycles. The molecule has 2 aromatic carbocycles.